The molecule has 0 atom stereocenters. The molecule has 0 spiro atoms. The SMILES string of the molecule is Cc1oncc1C(=O)Nc1ccc(-c2nnc3n2CCCCC3)cc1. The normalized spacial score (nSPS) is 14.0. The van der Waals surface area contributed by atoms with Crippen molar-refractivity contribution in [1.82, 2.24) is 19.9 Å². The molecule has 0 radical (unpaired) electrons. The minimum absolute atomic E-state index is 0.233. The van der Waals surface area contributed by atoms with Gasteiger partial charge >= 0.3 is 0 Å². The average molecular weight is 337 g/mol. The first-order valence-corrected chi connectivity index (χ1v) is 8.47. The van der Waals surface area contributed by atoms with Crippen LogP contribution in [0.1, 0.15) is 41.2 Å². The number of anilines is 1. The quantitative estimate of drug-likeness (QED) is 0.793. The summed E-state index contributed by atoms with van der Waals surface area (Å²) >= 11 is 0. The van der Waals surface area contributed by atoms with Gasteiger partial charge in [-0.2, -0.15) is 0 Å². The maximum Gasteiger partial charge on any atom is 0.260 e. The largest absolute Gasteiger partial charge is 0.361 e. The van der Waals surface area contributed by atoms with Gasteiger partial charge in [0.15, 0.2) is 5.82 Å². The van der Waals surface area contributed by atoms with Gasteiger partial charge in [-0.05, 0) is 44.0 Å². The monoisotopic (exact) mass is 337 g/mol. The Labute approximate surface area is 145 Å². The predicted octanol–water partition coefficient (Wildman–Crippen LogP) is 3.22. The number of aryl methyl sites for hydroxylation is 2. The molecular formula is C18H19N5O2. The predicted molar refractivity (Wildman–Crippen MR) is 92.2 cm³/mol. The molecule has 0 saturated heterocycles. The van der Waals surface area contributed by atoms with Crippen LogP contribution in [-0.2, 0) is 13.0 Å². The molecular weight excluding hydrogens is 318 g/mol. The molecule has 25 heavy (non-hydrogen) atoms. The van der Waals surface area contributed by atoms with Crippen LogP contribution in [0.5, 0.6) is 0 Å². The van der Waals surface area contributed by atoms with Crippen molar-refractivity contribution < 1.29 is 9.32 Å². The summed E-state index contributed by atoms with van der Waals surface area (Å²) in [5.74, 6) is 2.22. The summed E-state index contributed by atoms with van der Waals surface area (Å²) in [5.41, 5.74) is 2.15. The minimum atomic E-state index is -0.233. The molecule has 1 amide bonds. The van der Waals surface area contributed by atoms with E-state index < -0.39 is 0 Å². The van der Waals surface area contributed by atoms with E-state index in [1.807, 2.05) is 24.3 Å². The van der Waals surface area contributed by atoms with E-state index in [1.54, 1.807) is 6.92 Å². The number of nitrogens with one attached hydrogen (secondary N) is 1. The number of hydrogen-bond acceptors (Lipinski definition) is 5. The van der Waals surface area contributed by atoms with Crippen molar-refractivity contribution in [2.45, 2.75) is 39.2 Å². The van der Waals surface area contributed by atoms with Gasteiger partial charge in [-0.25, -0.2) is 0 Å². The molecule has 0 fully saturated rings. The van der Waals surface area contributed by atoms with E-state index >= 15 is 0 Å². The van der Waals surface area contributed by atoms with Crippen molar-refractivity contribution in [3.63, 3.8) is 0 Å². The topological polar surface area (TPSA) is 85.8 Å². The van der Waals surface area contributed by atoms with Crippen LogP contribution in [0, 0.1) is 6.92 Å². The number of rotatable bonds is 3. The molecule has 128 valence electrons. The van der Waals surface area contributed by atoms with Crippen molar-refractivity contribution in [2.24, 2.45) is 0 Å². The van der Waals surface area contributed by atoms with Gasteiger partial charge in [0.05, 0.1) is 6.20 Å². The van der Waals surface area contributed by atoms with Crippen LogP contribution in [0.3, 0.4) is 0 Å². The van der Waals surface area contributed by atoms with Crippen LogP contribution in [0.2, 0.25) is 0 Å². The summed E-state index contributed by atoms with van der Waals surface area (Å²) in [5, 5.41) is 15.2. The van der Waals surface area contributed by atoms with E-state index in [-0.39, 0.29) is 5.91 Å². The summed E-state index contributed by atoms with van der Waals surface area (Å²) in [4.78, 5) is 12.2. The first-order chi connectivity index (χ1) is 12.2. The van der Waals surface area contributed by atoms with E-state index in [9.17, 15) is 4.79 Å². The Morgan fingerprint density at radius 2 is 2.00 bits per heavy atom. The first kappa shape index (κ1) is 15.6. The molecule has 0 saturated carbocycles. The van der Waals surface area contributed by atoms with E-state index in [0.717, 1.165) is 36.6 Å². The number of carbonyl (C=O) groups is 1. The number of carbonyl (C=O) groups excluding carboxylic acids is 1. The van der Waals surface area contributed by atoms with Gasteiger partial charge in [0.2, 0.25) is 0 Å². The van der Waals surface area contributed by atoms with Gasteiger partial charge in [-0.1, -0.05) is 11.6 Å². The summed E-state index contributed by atoms with van der Waals surface area (Å²) in [7, 11) is 0. The molecule has 0 bridgehead atoms. The van der Waals surface area contributed by atoms with Crippen molar-refractivity contribution in [3.8, 4) is 11.4 Å². The van der Waals surface area contributed by atoms with Crippen molar-refractivity contribution in [3.05, 3.63) is 47.6 Å². The van der Waals surface area contributed by atoms with E-state index in [4.69, 9.17) is 4.52 Å². The Morgan fingerprint density at radius 3 is 2.76 bits per heavy atom. The highest BCUT2D eigenvalue weighted by Crippen LogP contribution is 2.24. The molecule has 0 aliphatic carbocycles. The van der Waals surface area contributed by atoms with Crippen molar-refractivity contribution >= 4 is 11.6 Å². The van der Waals surface area contributed by atoms with Gasteiger partial charge in [-0.3, -0.25) is 4.79 Å². The highest BCUT2D eigenvalue weighted by Gasteiger charge is 2.16. The zero-order valence-corrected chi connectivity index (χ0v) is 14.0. The molecule has 0 unspecified atom stereocenters. The molecule has 1 aliphatic heterocycles. The second kappa shape index (κ2) is 6.51. The third-order valence-electron chi connectivity index (χ3n) is 4.51. The molecule has 1 aliphatic rings. The molecule has 2 aromatic heterocycles. The number of fused-ring (bicyclic) bond motifs is 1. The second-order valence-corrected chi connectivity index (χ2v) is 6.23. The third kappa shape index (κ3) is 3.05. The van der Waals surface area contributed by atoms with Crippen LogP contribution in [0.4, 0.5) is 5.69 Å². The fraction of sp³-hybridized carbons (Fsp3) is 0.333. The lowest BCUT2D eigenvalue weighted by molar-refractivity contribution is 0.102. The zero-order chi connectivity index (χ0) is 17.2. The minimum Gasteiger partial charge on any atom is -0.361 e. The molecule has 7 heteroatoms. The molecule has 4 rings (SSSR count). The van der Waals surface area contributed by atoms with Gasteiger partial charge in [0, 0.05) is 24.2 Å². The highest BCUT2D eigenvalue weighted by molar-refractivity contribution is 6.04. The number of hydrogen-bond donors (Lipinski definition) is 1. The number of nitrogens with zero attached hydrogens (tertiary/aromatic N) is 4. The van der Waals surface area contributed by atoms with E-state index in [1.165, 1.54) is 19.0 Å². The Morgan fingerprint density at radius 1 is 1.16 bits per heavy atom. The second-order valence-electron chi connectivity index (χ2n) is 6.23. The summed E-state index contributed by atoms with van der Waals surface area (Å²) in [6, 6.07) is 7.65. The van der Waals surface area contributed by atoms with Crippen LogP contribution in [0.25, 0.3) is 11.4 Å². The highest BCUT2D eigenvalue weighted by atomic mass is 16.5. The van der Waals surface area contributed by atoms with E-state index in [0.29, 0.717) is 17.0 Å². The number of amides is 1. The van der Waals surface area contributed by atoms with Gasteiger partial charge in [-0.15, -0.1) is 10.2 Å². The number of benzene rings is 1. The lowest BCUT2D eigenvalue weighted by atomic mass is 10.2. The fourth-order valence-electron chi connectivity index (χ4n) is 3.12. The lowest BCUT2D eigenvalue weighted by Crippen LogP contribution is -2.12. The maximum absolute atomic E-state index is 12.2. The zero-order valence-electron chi connectivity index (χ0n) is 14.0. The van der Waals surface area contributed by atoms with Crippen LogP contribution in [0.15, 0.2) is 35.0 Å². The summed E-state index contributed by atoms with van der Waals surface area (Å²) in [6.07, 6.45) is 5.97. The Bertz CT molecular complexity index is 895. The smallest absolute Gasteiger partial charge is 0.260 e. The molecule has 1 N–H and O–H groups in total. The molecule has 3 aromatic rings. The van der Waals surface area contributed by atoms with Crippen LogP contribution < -0.4 is 5.32 Å². The first-order valence-electron chi connectivity index (χ1n) is 8.47. The van der Waals surface area contributed by atoms with Crippen LogP contribution >= 0.6 is 0 Å². The Hall–Kier alpha value is -2.96. The van der Waals surface area contributed by atoms with Crippen LogP contribution in [-0.4, -0.2) is 25.8 Å². The van der Waals surface area contributed by atoms with Gasteiger partial charge in [0.25, 0.3) is 5.91 Å². The fourth-order valence-corrected chi connectivity index (χ4v) is 3.12. The third-order valence-corrected chi connectivity index (χ3v) is 4.51. The molecule has 7 nitrogen and oxygen atoms in total. The Kier molecular flexibility index (Phi) is 4.05. The van der Waals surface area contributed by atoms with Crippen molar-refractivity contribution in [1.29, 1.82) is 0 Å². The molecule has 3 heterocycles. The summed E-state index contributed by atoms with van der Waals surface area (Å²) in [6.45, 7) is 2.67. The maximum atomic E-state index is 12.2. The Balaban J connectivity index is 1.54. The van der Waals surface area contributed by atoms with Gasteiger partial charge < -0.3 is 14.4 Å². The average Bonchev–Trinajstić information content (AvgIpc) is 3.15. The number of aromatic nitrogens is 4. The molecule has 1 aromatic carbocycles. The van der Waals surface area contributed by atoms with Gasteiger partial charge in [0.1, 0.15) is 17.1 Å². The van der Waals surface area contributed by atoms with E-state index in [2.05, 4.69) is 25.2 Å². The lowest BCUT2D eigenvalue weighted by Gasteiger charge is -2.08. The summed E-state index contributed by atoms with van der Waals surface area (Å²) < 4.78 is 7.14. The standard InChI is InChI=1S/C18H19N5O2/c1-12-15(11-19-25-12)18(24)20-14-8-6-13(7-9-14)17-22-21-16-5-3-2-4-10-23(16)17/h6-9,11H,2-5,10H2,1H3,(H,20,24). The van der Waals surface area contributed by atoms with Crippen molar-refractivity contribution in [2.75, 3.05) is 5.32 Å².